The molecule has 2 atom stereocenters. The van der Waals surface area contributed by atoms with Crippen LogP contribution in [-0.4, -0.2) is 18.2 Å². The number of hydrogen-bond acceptors (Lipinski definition) is 2. The van der Waals surface area contributed by atoms with Crippen LogP contribution in [0.2, 0.25) is 0 Å². The van der Waals surface area contributed by atoms with Crippen LogP contribution < -0.4 is 4.90 Å². The van der Waals surface area contributed by atoms with Crippen molar-refractivity contribution in [2.45, 2.75) is 53.1 Å². The highest BCUT2D eigenvalue weighted by Gasteiger charge is 2.22. The molecule has 1 N–H and O–H groups in total. The summed E-state index contributed by atoms with van der Waals surface area (Å²) in [6.07, 6.45) is 2.96. The number of aryl methyl sites for hydroxylation is 1. The highest BCUT2D eigenvalue weighted by molar-refractivity contribution is 5.57. The summed E-state index contributed by atoms with van der Waals surface area (Å²) in [4.78, 5) is 2.33. The molecular formula is C18H28FNO. The van der Waals surface area contributed by atoms with Crippen molar-refractivity contribution in [2.24, 2.45) is 11.8 Å². The van der Waals surface area contributed by atoms with Crippen molar-refractivity contribution in [1.82, 2.24) is 0 Å². The Morgan fingerprint density at radius 2 is 1.90 bits per heavy atom. The second-order valence-electron chi connectivity index (χ2n) is 6.76. The lowest BCUT2D eigenvalue weighted by atomic mass is 9.89. The summed E-state index contributed by atoms with van der Waals surface area (Å²) in [5.74, 6) is 1.26. The van der Waals surface area contributed by atoms with Crippen molar-refractivity contribution in [3.8, 4) is 0 Å². The van der Waals surface area contributed by atoms with Crippen molar-refractivity contribution in [3.05, 3.63) is 29.1 Å². The average molecular weight is 293 g/mol. The summed E-state index contributed by atoms with van der Waals surface area (Å²) in [5, 5.41) is 9.97. The van der Waals surface area contributed by atoms with Gasteiger partial charge in [0.05, 0.1) is 6.10 Å². The third-order valence-electron chi connectivity index (χ3n) is 4.81. The summed E-state index contributed by atoms with van der Waals surface area (Å²) >= 11 is 0. The van der Waals surface area contributed by atoms with Gasteiger partial charge in [-0.2, -0.15) is 0 Å². The minimum atomic E-state index is -0.640. The summed E-state index contributed by atoms with van der Waals surface area (Å²) in [7, 11) is 0. The third kappa shape index (κ3) is 3.76. The van der Waals surface area contributed by atoms with E-state index in [0.29, 0.717) is 11.1 Å². The van der Waals surface area contributed by atoms with Crippen LogP contribution in [0.3, 0.4) is 0 Å². The molecular weight excluding hydrogens is 265 g/mol. The Labute approximate surface area is 128 Å². The van der Waals surface area contributed by atoms with Gasteiger partial charge in [0.15, 0.2) is 0 Å². The van der Waals surface area contributed by atoms with Gasteiger partial charge in [-0.15, -0.1) is 0 Å². The number of anilines is 1. The lowest BCUT2D eigenvalue weighted by Crippen LogP contribution is -2.26. The van der Waals surface area contributed by atoms with E-state index in [0.717, 1.165) is 30.6 Å². The maximum Gasteiger partial charge on any atom is 0.126 e. The maximum absolute atomic E-state index is 13.8. The first kappa shape index (κ1) is 16.3. The highest BCUT2D eigenvalue weighted by Crippen LogP contribution is 2.33. The standard InChI is InChI=1S/C18H28FNO/c1-12(2)15-6-5-8-20(9-7-15)18-10-13(3)17(19)11-16(18)14(4)21/h10-12,14-15,21H,5-9H2,1-4H3/t14-,15?/m0/s1. The Hall–Kier alpha value is -1.09. The molecule has 0 bridgehead atoms. The summed E-state index contributed by atoms with van der Waals surface area (Å²) < 4.78 is 13.8. The fraction of sp³-hybridized carbons (Fsp3) is 0.667. The Balaban J connectivity index is 2.27. The molecule has 0 saturated carbocycles. The minimum Gasteiger partial charge on any atom is -0.389 e. The molecule has 0 amide bonds. The van der Waals surface area contributed by atoms with E-state index in [1.165, 1.54) is 25.3 Å². The molecule has 1 saturated heterocycles. The fourth-order valence-corrected chi connectivity index (χ4v) is 3.32. The smallest absolute Gasteiger partial charge is 0.126 e. The summed E-state index contributed by atoms with van der Waals surface area (Å²) in [6.45, 7) is 10.1. The van der Waals surface area contributed by atoms with Crippen molar-refractivity contribution < 1.29 is 9.50 Å². The van der Waals surface area contributed by atoms with Gasteiger partial charge in [0.25, 0.3) is 0 Å². The van der Waals surface area contributed by atoms with E-state index in [4.69, 9.17) is 0 Å². The number of benzene rings is 1. The average Bonchev–Trinajstić information content (AvgIpc) is 2.67. The van der Waals surface area contributed by atoms with Crippen molar-refractivity contribution in [3.63, 3.8) is 0 Å². The molecule has 21 heavy (non-hydrogen) atoms. The Kier molecular flexibility index (Phi) is 5.26. The van der Waals surface area contributed by atoms with Gasteiger partial charge < -0.3 is 10.0 Å². The number of aliphatic hydroxyl groups is 1. The minimum absolute atomic E-state index is 0.232. The second-order valence-corrected chi connectivity index (χ2v) is 6.76. The third-order valence-corrected chi connectivity index (χ3v) is 4.81. The molecule has 0 aliphatic carbocycles. The topological polar surface area (TPSA) is 23.5 Å². The van der Waals surface area contributed by atoms with Gasteiger partial charge in [-0.1, -0.05) is 13.8 Å². The van der Waals surface area contributed by atoms with Crippen LogP contribution in [0.5, 0.6) is 0 Å². The van der Waals surface area contributed by atoms with Gasteiger partial charge in [-0.25, -0.2) is 4.39 Å². The van der Waals surface area contributed by atoms with Gasteiger partial charge in [0, 0.05) is 24.3 Å². The molecule has 0 radical (unpaired) electrons. The number of halogens is 1. The van der Waals surface area contributed by atoms with E-state index >= 15 is 0 Å². The first-order valence-corrected chi connectivity index (χ1v) is 8.13. The predicted octanol–water partition coefficient (Wildman–Crippen LogP) is 4.45. The Bertz CT molecular complexity index is 484. The first-order valence-electron chi connectivity index (χ1n) is 8.13. The normalized spacial score (nSPS) is 21.5. The molecule has 1 aromatic rings. The van der Waals surface area contributed by atoms with Crippen molar-refractivity contribution in [2.75, 3.05) is 18.0 Å². The van der Waals surface area contributed by atoms with Gasteiger partial charge >= 0.3 is 0 Å². The predicted molar refractivity (Wildman–Crippen MR) is 86.2 cm³/mol. The second kappa shape index (κ2) is 6.78. The van der Waals surface area contributed by atoms with Gasteiger partial charge in [0.1, 0.15) is 5.82 Å². The largest absolute Gasteiger partial charge is 0.389 e. The Morgan fingerprint density at radius 3 is 2.52 bits per heavy atom. The number of nitrogens with zero attached hydrogens (tertiary/aromatic N) is 1. The van der Waals surface area contributed by atoms with E-state index in [1.807, 2.05) is 6.07 Å². The van der Waals surface area contributed by atoms with E-state index < -0.39 is 6.10 Å². The summed E-state index contributed by atoms with van der Waals surface area (Å²) in [6, 6.07) is 3.40. The molecule has 1 aromatic carbocycles. The molecule has 1 fully saturated rings. The fourth-order valence-electron chi connectivity index (χ4n) is 3.32. The van der Waals surface area contributed by atoms with E-state index in [9.17, 15) is 9.50 Å². The molecule has 2 rings (SSSR count). The van der Waals surface area contributed by atoms with Crippen molar-refractivity contribution in [1.29, 1.82) is 0 Å². The molecule has 2 nitrogen and oxygen atoms in total. The van der Waals surface area contributed by atoms with Crippen LogP contribution in [0.15, 0.2) is 12.1 Å². The van der Waals surface area contributed by atoms with Gasteiger partial charge in [-0.05, 0) is 62.6 Å². The quantitative estimate of drug-likeness (QED) is 0.890. The Morgan fingerprint density at radius 1 is 1.19 bits per heavy atom. The molecule has 1 aliphatic rings. The molecule has 1 heterocycles. The maximum atomic E-state index is 13.8. The van der Waals surface area contributed by atoms with Gasteiger partial charge in [0.2, 0.25) is 0 Å². The first-order chi connectivity index (χ1) is 9.90. The lowest BCUT2D eigenvalue weighted by Gasteiger charge is -2.27. The van der Waals surface area contributed by atoms with Crippen LogP contribution >= 0.6 is 0 Å². The molecule has 1 aliphatic heterocycles. The van der Waals surface area contributed by atoms with E-state index in [2.05, 4.69) is 18.7 Å². The molecule has 1 unspecified atom stereocenters. The van der Waals surface area contributed by atoms with Gasteiger partial charge in [-0.3, -0.25) is 0 Å². The zero-order valence-electron chi connectivity index (χ0n) is 13.7. The SMILES string of the molecule is Cc1cc(N2CCCC(C(C)C)CC2)c([C@H](C)O)cc1F. The molecule has 0 aromatic heterocycles. The van der Waals surface area contributed by atoms with Crippen LogP contribution in [-0.2, 0) is 0 Å². The van der Waals surface area contributed by atoms with E-state index in [1.54, 1.807) is 13.8 Å². The monoisotopic (exact) mass is 293 g/mol. The van der Waals surface area contributed by atoms with Crippen LogP contribution in [0, 0.1) is 24.6 Å². The van der Waals surface area contributed by atoms with Crippen molar-refractivity contribution >= 4 is 5.69 Å². The number of aliphatic hydroxyl groups excluding tert-OH is 1. The zero-order valence-corrected chi connectivity index (χ0v) is 13.7. The van der Waals surface area contributed by atoms with Crippen LogP contribution in [0.4, 0.5) is 10.1 Å². The highest BCUT2D eigenvalue weighted by atomic mass is 19.1. The molecule has 3 heteroatoms. The van der Waals surface area contributed by atoms with Crippen LogP contribution in [0.25, 0.3) is 0 Å². The lowest BCUT2D eigenvalue weighted by molar-refractivity contribution is 0.199. The summed E-state index contributed by atoms with van der Waals surface area (Å²) in [5.41, 5.74) is 2.37. The number of rotatable bonds is 3. The van der Waals surface area contributed by atoms with E-state index in [-0.39, 0.29) is 5.82 Å². The number of hydrogen-bond donors (Lipinski definition) is 1. The zero-order chi connectivity index (χ0) is 15.6. The molecule has 118 valence electrons. The van der Waals surface area contributed by atoms with Crippen LogP contribution in [0.1, 0.15) is 57.3 Å². The molecule has 0 spiro atoms.